The Morgan fingerprint density at radius 2 is 0.892 bits per heavy atom. The number of rotatable bonds is 27. The first-order chi connectivity index (χ1) is 18.3. The van der Waals surface area contributed by atoms with Gasteiger partial charge in [-0.05, 0) is 18.4 Å². The van der Waals surface area contributed by atoms with Gasteiger partial charge in [0.15, 0.2) is 0 Å². The van der Waals surface area contributed by atoms with E-state index in [9.17, 15) is 4.79 Å². The number of unbranched alkanes of at least 4 members (excludes halogenated alkanes) is 20. The van der Waals surface area contributed by atoms with Gasteiger partial charge in [-0.2, -0.15) is 0 Å². The van der Waals surface area contributed by atoms with Gasteiger partial charge in [-0.25, -0.2) is 0 Å². The van der Waals surface area contributed by atoms with Crippen molar-refractivity contribution in [3.63, 3.8) is 0 Å². The highest BCUT2D eigenvalue weighted by atomic mass is 16.5. The minimum Gasteiger partial charge on any atom is -0.461 e. The Labute approximate surface area is 231 Å². The zero-order valence-corrected chi connectivity index (χ0v) is 25.0. The van der Waals surface area contributed by atoms with Crippen LogP contribution >= 0.6 is 0 Å². The average molecular weight is 515 g/mol. The lowest BCUT2D eigenvalue weighted by Gasteiger charge is -2.16. The van der Waals surface area contributed by atoms with E-state index in [1.54, 1.807) is 0 Å². The first-order valence-corrected chi connectivity index (χ1v) is 16.5. The molecule has 0 spiro atoms. The van der Waals surface area contributed by atoms with E-state index in [-0.39, 0.29) is 11.9 Å². The van der Waals surface area contributed by atoms with Crippen molar-refractivity contribution in [2.45, 2.75) is 175 Å². The van der Waals surface area contributed by atoms with Gasteiger partial charge in [0.1, 0.15) is 6.61 Å². The van der Waals surface area contributed by atoms with Gasteiger partial charge in [0, 0.05) is 0 Å². The van der Waals surface area contributed by atoms with Crippen LogP contribution in [0.25, 0.3) is 0 Å². The van der Waals surface area contributed by atoms with Gasteiger partial charge in [-0.3, -0.25) is 4.79 Å². The highest BCUT2D eigenvalue weighted by molar-refractivity contribution is 5.72. The number of ether oxygens (including phenoxy) is 1. The summed E-state index contributed by atoms with van der Waals surface area (Å²) in [6, 6.07) is 10.1. The molecule has 214 valence electrons. The number of hydrogen-bond donors (Lipinski definition) is 0. The second kappa shape index (κ2) is 26.3. The molecule has 0 amide bonds. The molecule has 1 atom stereocenters. The van der Waals surface area contributed by atoms with E-state index in [2.05, 4.69) is 13.8 Å². The summed E-state index contributed by atoms with van der Waals surface area (Å²) in [6.07, 6.45) is 31.8. The number of hydrogen-bond acceptors (Lipinski definition) is 2. The molecule has 0 aliphatic carbocycles. The van der Waals surface area contributed by atoms with Crippen molar-refractivity contribution < 1.29 is 9.53 Å². The molecule has 0 aliphatic rings. The van der Waals surface area contributed by atoms with Crippen LogP contribution < -0.4 is 0 Å². The topological polar surface area (TPSA) is 26.3 Å². The van der Waals surface area contributed by atoms with Crippen LogP contribution in [0.4, 0.5) is 0 Å². The van der Waals surface area contributed by atoms with E-state index in [0.29, 0.717) is 6.61 Å². The van der Waals surface area contributed by atoms with E-state index in [1.807, 2.05) is 30.3 Å². The van der Waals surface area contributed by atoms with Gasteiger partial charge >= 0.3 is 5.97 Å². The van der Waals surface area contributed by atoms with Crippen LogP contribution in [0.3, 0.4) is 0 Å². The number of benzene rings is 1. The number of esters is 1. The molecule has 2 heteroatoms. The SMILES string of the molecule is CCCCCCCCCCCCCCCCC(CCCCCCCCCC)C(=O)OCc1ccccc1. The van der Waals surface area contributed by atoms with Gasteiger partial charge in [0.05, 0.1) is 5.92 Å². The maximum atomic E-state index is 12.9. The third-order valence-corrected chi connectivity index (χ3v) is 7.87. The third-order valence-electron chi connectivity index (χ3n) is 7.87. The molecule has 2 nitrogen and oxygen atoms in total. The van der Waals surface area contributed by atoms with Crippen molar-refractivity contribution in [1.82, 2.24) is 0 Å². The smallest absolute Gasteiger partial charge is 0.309 e. The van der Waals surface area contributed by atoms with Crippen molar-refractivity contribution in [3.8, 4) is 0 Å². The van der Waals surface area contributed by atoms with Crippen LogP contribution in [0.1, 0.15) is 174 Å². The zero-order chi connectivity index (χ0) is 26.7. The Balaban J connectivity index is 2.16. The molecular weight excluding hydrogens is 452 g/mol. The van der Waals surface area contributed by atoms with Gasteiger partial charge in [0.25, 0.3) is 0 Å². The van der Waals surface area contributed by atoms with E-state index in [1.165, 1.54) is 135 Å². The van der Waals surface area contributed by atoms with Crippen LogP contribution in [0, 0.1) is 5.92 Å². The average Bonchev–Trinajstić information content (AvgIpc) is 2.92. The van der Waals surface area contributed by atoms with Gasteiger partial charge < -0.3 is 4.74 Å². The molecule has 1 rings (SSSR count). The van der Waals surface area contributed by atoms with Crippen molar-refractivity contribution in [3.05, 3.63) is 35.9 Å². The third kappa shape index (κ3) is 21.3. The summed E-state index contributed by atoms with van der Waals surface area (Å²) in [4.78, 5) is 12.9. The van der Waals surface area contributed by atoms with E-state index in [0.717, 1.165) is 24.8 Å². The predicted molar refractivity (Wildman–Crippen MR) is 162 cm³/mol. The Hall–Kier alpha value is -1.31. The summed E-state index contributed by atoms with van der Waals surface area (Å²) >= 11 is 0. The maximum Gasteiger partial charge on any atom is 0.309 e. The van der Waals surface area contributed by atoms with Crippen LogP contribution in [-0.4, -0.2) is 5.97 Å². The van der Waals surface area contributed by atoms with Crippen LogP contribution in [-0.2, 0) is 16.1 Å². The Kier molecular flexibility index (Phi) is 24.0. The van der Waals surface area contributed by atoms with Crippen molar-refractivity contribution in [1.29, 1.82) is 0 Å². The normalized spacial score (nSPS) is 12.1. The number of carbonyl (C=O) groups excluding carboxylic acids is 1. The van der Waals surface area contributed by atoms with E-state index >= 15 is 0 Å². The number of carbonyl (C=O) groups is 1. The lowest BCUT2D eigenvalue weighted by molar-refractivity contribution is -0.150. The second-order valence-corrected chi connectivity index (χ2v) is 11.4. The minimum absolute atomic E-state index is 0.0292. The van der Waals surface area contributed by atoms with Crippen LogP contribution in [0.2, 0.25) is 0 Å². The fourth-order valence-electron chi connectivity index (χ4n) is 5.34. The van der Waals surface area contributed by atoms with Crippen LogP contribution in [0.15, 0.2) is 30.3 Å². The quantitative estimate of drug-likeness (QED) is 0.0861. The Bertz CT molecular complexity index is 597. The molecule has 1 aromatic carbocycles. The fraction of sp³-hybridized carbons (Fsp3) is 0.800. The van der Waals surface area contributed by atoms with E-state index in [4.69, 9.17) is 4.74 Å². The molecule has 0 radical (unpaired) electrons. The highest BCUT2D eigenvalue weighted by Gasteiger charge is 2.19. The predicted octanol–water partition coefficient (Wildman–Crippen LogP) is 11.7. The summed E-state index contributed by atoms with van der Waals surface area (Å²) in [5.41, 5.74) is 1.08. The monoisotopic (exact) mass is 514 g/mol. The van der Waals surface area contributed by atoms with Gasteiger partial charge in [-0.1, -0.05) is 185 Å². The molecule has 0 heterocycles. The molecule has 0 aromatic heterocycles. The van der Waals surface area contributed by atoms with Crippen LogP contribution in [0.5, 0.6) is 0 Å². The maximum absolute atomic E-state index is 12.9. The molecule has 1 aromatic rings. The second-order valence-electron chi connectivity index (χ2n) is 11.4. The zero-order valence-electron chi connectivity index (χ0n) is 25.0. The largest absolute Gasteiger partial charge is 0.461 e. The lowest BCUT2D eigenvalue weighted by atomic mass is 9.94. The van der Waals surface area contributed by atoms with Crippen molar-refractivity contribution in [2.75, 3.05) is 0 Å². The fourth-order valence-corrected chi connectivity index (χ4v) is 5.34. The molecule has 0 fully saturated rings. The molecular formula is C35H62O2. The summed E-state index contributed by atoms with van der Waals surface area (Å²) in [5, 5.41) is 0. The Morgan fingerprint density at radius 1 is 0.541 bits per heavy atom. The summed E-state index contributed by atoms with van der Waals surface area (Å²) < 4.78 is 5.74. The summed E-state index contributed by atoms with van der Waals surface area (Å²) in [5.74, 6) is 0.114. The van der Waals surface area contributed by atoms with Gasteiger partial charge in [0.2, 0.25) is 0 Å². The summed E-state index contributed by atoms with van der Waals surface area (Å²) in [7, 11) is 0. The molecule has 0 aliphatic heterocycles. The molecule has 0 bridgehead atoms. The molecule has 1 unspecified atom stereocenters. The molecule has 0 saturated carbocycles. The standard InChI is InChI=1S/C35H62O2/c1-3-5-7-9-11-13-14-15-16-17-18-20-22-27-31-34(30-26-21-19-12-10-8-6-4-2)35(36)37-32-33-28-24-23-25-29-33/h23-25,28-29,34H,3-22,26-27,30-32H2,1-2H3. The first kappa shape index (κ1) is 33.7. The highest BCUT2D eigenvalue weighted by Crippen LogP contribution is 2.22. The molecule has 0 N–H and O–H groups in total. The van der Waals surface area contributed by atoms with E-state index < -0.39 is 0 Å². The molecule has 0 saturated heterocycles. The molecule has 37 heavy (non-hydrogen) atoms. The van der Waals surface area contributed by atoms with Crippen molar-refractivity contribution in [2.24, 2.45) is 5.92 Å². The minimum atomic E-state index is 0.0292. The first-order valence-electron chi connectivity index (χ1n) is 16.5. The van der Waals surface area contributed by atoms with Gasteiger partial charge in [-0.15, -0.1) is 0 Å². The Morgan fingerprint density at radius 3 is 1.27 bits per heavy atom. The van der Waals surface area contributed by atoms with Crippen molar-refractivity contribution >= 4 is 5.97 Å². The lowest BCUT2D eigenvalue weighted by Crippen LogP contribution is -2.18. The summed E-state index contributed by atoms with van der Waals surface area (Å²) in [6.45, 7) is 4.97.